The van der Waals surface area contributed by atoms with Gasteiger partial charge in [-0.3, -0.25) is 5.41 Å². The maximum atomic E-state index is 9.64. The summed E-state index contributed by atoms with van der Waals surface area (Å²) in [7, 11) is 2.02. The third-order valence-electron chi connectivity index (χ3n) is 10.2. The molecule has 5 aromatic rings. The Labute approximate surface area is 320 Å². The molecule has 268 valence electrons. The topological polar surface area (TPSA) is 45.9 Å². The summed E-state index contributed by atoms with van der Waals surface area (Å²) in [5, 5.41) is 9.64. The van der Waals surface area contributed by atoms with Crippen molar-refractivity contribution < 1.29 is 0 Å². The standard InChI is InChI=1S/C49H47N5/c1-5-52(4)48(41-19-10-7-11-20-41)51-49(50)54-34-33-53(43-22-16-21-42(35-43)40-31-29-39(30-32-40)38-17-8-6-9-18-38)46-25-14-12-23-44(46)36(2)27-28-37(3)45-24-13-15-26-47(45)54/h6-15,17-20,22-32,35,50H,2-3,5,16,21,33-34H2,1,4H3/b28-27-,50-49?,51-48-. The number of nitrogens with one attached hydrogen (secondary N) is 1. The maximum absolute atomic E-state index is 9.64. The van der Waals surface area contributed by atoms with Gasteiger partial charge in [0.2, 0.25) is 5.96 Å². The van der Waals surface area contributed by atoms with E-state index in [1.165, 1.54) is 22.3 Å². The number of rotatable bonds is 5. The molecule has 0 spiro atoms. The molecule has 1 aliphatic heterocycles. The molecule has 0 fully saturated rings. The first-order valence-corrected chi connectivity index (χ1v) is 18.7. The van der Waals surface area contributed by atoms with Crippen LogP contribution in [-0.4, -0.2) is 43.4 Å². The van der Waals surface area contributed by atoms with Gasteiger partial charge in [-0.1, -0.05) is 153 Å². The third-order valence-corrected chi connectivity index (χ3v) is 10.2. The van der Waals surface area contributed by atoms with Crippen LogP contribution in [0, 0.1) is 5.41 Å². The minimum absolute atomic E-state index is 0.167. The fourth-order valence-corrected chi connectivity index (χ4v) is 7.15. The van der Waals surface area contributed by atoms with Crippen LogP contribution in [-0.2, 0) is 0 Å². The number of allylic oxidation sites excluding steroid dienone is 7. The number of anilines is 2. The molecule has 2 aliphatic rings. The molecule has 1 heterocycles. The van der Waals surface area contributed by atoms with Crippen LogP contribution < -0.4 is 9.80 Å². The van der Waals surface area contributed by atoms with Gasteiger partial charge in [-0.05, 0) is 71.4 Å². The Hall–Kier alpha value is -6.46. The Kier molecular flexibility index (Phi) is 11.0. The summed E-state index contributed by atoms with van der Waals surface area (Å²) >= 11 is 0. The van der Waals surface area contributed by atoms with Crippen molar-refractivity contribution in [2.75, 3.05) is 36.5 Å². The van der Waals surface area contributed by atoms with Crippen LogP contribution in [0.3, 0.4) is 0 Å². The summed E-state index contributed by atoms with van der Waals surface area (Å²) in [5.41, 5.74) is 12.8. The van der Waals surface area contributed by atoms with Crippen molar-refractivity contribution in [3.8, 4) is 11.1 Å². The zero-order chi connectivity index (χ0) is 37.4. The van der Waals surface area contributed by atoms with E-state index in [0.717, 1.165) is 70.1 Å². The average molecular weight is 706 g/mol. The van der Waals surface area contributed by atoms with Crippen molar-refractivity contribution in [1.82, 2.24) is 4.90 Å². The summed E-state index contributed by atoms with van der Waals surface area (Å²) in [6, 6.07) is 46.3. The Balaban J connectivity index is 1.31. The van der Waals surface area contributed by atoms with Crippen molar-refractivity contribution >= 4 is 39.9 Å². The van der Waals surface area contributed by atoms with Crippen LogP contribution in [0.5, 0.6) is 0 Å². The second-order valence-corrected chi connectivity index (χ2v) is 13.6. The number of guanidine groups is 1. The Morgan fingerprint density at radius 1 is 0.685 bits per heavy atom. The predicted octanol–water partition coefficient (Wildman–Crippen LogP) is 11.4. The molecule has 5 aromatic carbocycles. The molecular weight excluding hydrogens is 659 g/mol. The first-order valence-electron chi connectivity index (χ1n) is 18.7. The van der Waals surface area contributed by atoms with Gasteiger partial charge in [0.15, 0.2) is 0 Å². The fourth-order valence-electron chi connectivity index (χ4n) is 7.15. The highest BCUT2D eigenvalue weighted by Gasteiger charge is 2.24. The molecule has 1 aliphatic carbocycles. The molecule has 5 heteroatoms. The molecule has 0 unspecified atom stereocenters. The minimum Gasteiger partial charge on any atom is -0.359 e. The Morgan fingerprint density at radius 2 is 1.24 bits per heavy atom. The minimum atomic E-state index is 0.167. The zero-order valence-electron chi connectivity index (χ0n) is 31.2. The largest absolute Gasteiger partial charge is 0.359 e. The van der Waals surface area contributed by atoms with Gasteiger partial charge in [0, 0.05) is 54.8 Å². The monoisotopic (exact) mass is 705 g/mol. The number of benzene rings is 5. The maximum Gasteiger partial charge on any atom is 0.224 e. The molecule has 0 saturated heterocycles. The van der Waals surface area contributed by atoms with E-state index in [-0.39, 0.29) is 5.96 Å². The van der Waals surface area contributed by atoms with Crippen LogP contribution >= 0.6 is 0 Å². The predicted molar refractivity (Wildman–Crippen MR) is 231 cm³/mol. The van der Waals surface area contributed by atoms with Gasteiger partial charge in [0.1, 0.15) is 5.84 Å². The van der Waals surface area contributed by atoms with E-state index >= 15 is 0 Å². The lowest BCUT2D eigenvalue weighted by atomic mass is 9.93. The molecule has 7 rings (SSSR count). The van der Waals surface area contributed by atoms with Gasteiger partial charge in [0.05, 0.1) is 5.69 Å². The van der Waals surface area contributed by atoms with E-state index in [0.29, 0.717) is 13.1 Å². The summed E-state index contributed by atoms with van der Waals surface area (Å²) in [5.74, 6) is 0.921. The van der Waals surface area contributed by atoms with E-state index < -0.39 is 0 Å². The number of fused-ring (bicyclic) bond motifs is 2. The number of para-hydroxylation sites is 2. The second-order valence-electron chi connectivity index (χ2n) is 13.6. The van der Waals surface area contributed by atoms with Gasteiger partial charge >= 0.3 is 0 Å². The number of aliphatic imine (C=N–C) groups is 1. The number of amidine groups is 1. The van der Waals surface area contributed by atoms with Crippen molar-refractivity contribution in [3.63, 3.8) is 0 Å². The molecule has 0 radical (unpaired) electrons. The van der Waals surface area contributed by atoms with Crippen molar-refractivity contribution in [2.24, 2.45) is 4.99 Å². The SMILES string of the molecule is C=C1/C=C\C(=C)c2ccccc2N(C2=CCCC(c3ccc(-c4ccccc4)cc3)=C2)CCN(C(=N)/N=C(/c2ccccc2)N(C)CC)c2ccccc21. The smallest absolute Gasteiger partial charge is 0.224 e. The lowest BCUT2D eigenvalue weighted by Gasteiger charge is -2.34. The molecule has 5 nitrogen and oxygen atoms in total. The van der Waals surface area contributed by atoms with Gasteiger partial charge < -0.3 is 14.7 Å². The number of hydrogen-bond donors (Lipinski definition) is 1. The lowest BCUT2D eigenvalue weighted by Crippen LogP contribution is -2.40. The van der Waals surface area contributed by atoms with Crippen LogP contribution in [0.25, 0.3) is 27.8 Å². The highest BCUT2D eigenvalue weighted by atomic mass is 15.3. The Morgan fingerprint density at radius 3 is 1.91 bits per heavy atom. The molecule has 0 saturated carbocycles. The van der Waals surface area contributed by atoms with Crippen LogP contribution in [0.2, 0.25) is 0 Å². The molecule has 1 N–H and O–H groups in total. The molecule has 0 bridgehead atoms. The van der Waals surface area contributed by atoms with E-state index in [2.05, 4.69) is 151 Å². The van der Waals surface area contributed by atoms with Crippen LogP contribution in [0.15, 0.2) is 182 Å². The molecule has 54 heavy (non-hydrogen) atoms. The van der Waals surface area contributed by atoms with Gasteiger partial charge in [-0.25, -0.2) is 0 Å². The van der Waals surface area contributed by atoms with Crippen LogP contribution in [0.4, 0.5) is 11.4 Å². The average Bonchev–Trinajstić information content (AvgIpc) is 3.23. The Bertz CT molecular complexity index is 2280. The van der Waals surface area contributed by atoms with E-state index in [4.69, 9.17) is 4.99 Å². The molecule has 0 aromatic heterocycles. The number of hydrogen-bond acceptors (Lipinski definition) is 2. The summed E-state index contributed by atoms with van der Waals surface area (Å²) in [4.78, 5) is 11.6. The summed E-state index contributed by atoms with van der Waals surface area (Å²) in [6.07, 6.45) is 10.7. The molecular formula is C49H47N5. The first kappa shape index (κ1) is 35.9. The first-order chi connectivity index (χ1) is 26.4. The van der Waals surface area contributed by atoms with E-state index in [9.17, 15) is 5.41 Å². The third kappa shape index (κ3) is 7.81. The summed E-state index contributed by atoms with van der Waals surface area (Å²) < 4.78 is 0. The van der Waals surface area contributed by atoms with Crippen LogP contribution in [0.1, 0.15) is 42.0 Å². The van der Waals surface area contributed by atoms with E-state index in [1.807, 2.05) is 48.4 Å². The highest BCUT2D eigenvalue weighted by molar-refractivity contribution is 6.09. The molecule has 0 amide bonds. The summed E-state index contributed by atoms with van der Waals surface area (Å²) in [6.45, 7) is 12.9. The lowest BCUT2D eigenvalue weighted by molar-refractivity contribution is 0.537. The van der Waals surface area contributed by atoms with Crippen molar-refractivity contribution in [1.29, 1.82) is 5.41 Å². The number of nitrogens with zero attached hydrogens (tertiary/aromatic N) is 4. The van der Waals surface area contributed by atoms with Gasteiger partial charge in [-0.2, -0.15) is 4.99 Å². The van der Waals surface area contributed by atoms with Gasteiger partial charge in [0.25, 0.3) is 0 Å². The van der Waals surface area contributed by atoms with Crippen molar-refractivity contribution in [3.05, 3.63) is 199 Å². The molecule has 0 atom stereocenters. The zero-order valence-corrected chi connectivity index (χ0v) is 31.2. The van der Waals surface area contributed by atoms with Gasteiger partial charge in [-0.15, -0.1) is 0 Å². The quantitative estimate of drug-likeness (QED) is 0.146. The van der Waals surface area contributed by atoms with E-state index in [1.54, 1.807) is 0 Å². The van der Waals surface area contributed by atoms with Crippen molar-refractivity contribution in [2.45, 2.75) is 19.8 Å². The normalized spacial score (nSPS) is 15.6. The highest BCUT2D eigenvalue weighted by Crippen LogP contribution is 2.37. The second kappa shape index (κ2) is 16.5. The fraction of sp³-hybridized carbons (Fsp3) is 0.143.